The van der Waals surface area contributed by atoms with E-state index in [0.29, 0.717) is 18.7 Å². The number of rotatable bonds is 4. The number of hydrogen-bond donors (Lipinski definition) is 4. The van der Waals surface area contributed by atoms with Gasteiger partial charge in [-0.2, -0.15) is 0 Å². The molecule has 68 valence electrons. The Balaban J connectivity index is 2.51. The zero-order valence-electron chi connectivity index (χ0n) is 6.76. The summed E-state index contributed by atoms with van der Waals surface area (Å²) in [6.45, 7) is 0.634. The topological polar surface area (TPSA) is 94.9 Å². The first-order valence-corrected chi connectivity index (χ1v) is 3.94. The zero-order chi connectivity index (χ0) is 8.97. The van der Waals surface area contributed by atoms with Crippen molar-refractivity contribution < 1.29 is 5.11 Å². The average Bonchev–Trinajstić information content (AvgIpc) is 2.31. The molecule has 5 heteroatoms. The van der Waals surface area contributed by atoms with Gasteiger partial charge in [0.2, 0.25) is 5.88 Å². The average molecular weight is 171 g/mol. The summed E-state index contributed by atoms with van der Waals surface area (Å²) in [7, 11) is 0. The summed E-state index contributed by atoms with van der Waals surface area (Å²) in [5.74, 6) is -0.0583. The molecule has 0 aliphatic carbocycles. The molecule has 0 saturated carbocycles. The maximum Gasteiger partial charge on any atom is 0.325 e. The minimum Gasteiger partial charge on any atom is -0.493 e. The van der Waals surface area contributed by atoms with Gasteiger partial charge in [-0.15, -0.1) is 0 Å². The molecule has 1 aromatic heterocycles. The number of nitrogens with two attached hydrogens (primary N) is 1. The Morgan fingerprint density at radius 2 is 2.08 bits per heavy atom. The van der Waals surface area contributed by atoms with Gasteiger partial charge in [-0.25, -0.2) is 4.79 Å². The van der Waals surface area contributed by atoms with Crippen molar-refractivity contribution in [2.45, 2.75) is 19.3 Å². The van der Waals surface area contributed by atoms with Gasteiger partial charge in [0.05, 0.1) is 5.69 Å². The van der Waals surface area contributed by atoms with E-state index in [9.17, 15) is 4.79 Å². The molecule has 1 rings (SSSR count). The summed E-state index contributed by atoms with van der Waals surface area (Å²) < 4.78 is 0. The van der Waals surface area contributed by atoms with Gasteiger partial charge < -0.3 is 15.8 Å². The van der Waals surface area contributed by atoms with Crippen LogP contribution in [0.25, 0.3) is 0 Å². The highest BCUT2D eigenvalue weighted by Crippen LogP contribution is 2.09. The smallest absolute Gasteiger partial charge is 0.325 e. The Bertz CT molecular complexity index is 289. The summed E-state index contributed by atoms with van der Waals surface area (Å²) in [6, 6.07) is 0. The van der Waals surface area contributed by atoms with E-state index >= 15 is 0 Å². The van der Waals surface area contributed by atoms with Crippen LogP contribution in [0, 0.1) is 0 Å². The lowest BCUT2D eigenvalue weighted by Crippen LogP contribution is -2.02. The molecule has 0 unspecified atom stereocenters. The predicted octanol–water partition coefficient (Wildman–Crippen LogP) is -0.310. The van der Waals surface area contributed by atoms with E-state index in [-0.39, 0.29) is 11.6 Å². The van der Waals surface area contributed by atoms with E-state index < -0.39 is 0 Å². The molecule has 0 aliphatic heterocycles. The normalized spacial score (nSPS) is 10.4. The van der Waals surface area contributed by atoms with Crippen LogP contribution >= 0.6 is 0 Å². The quantitative estimate of drug-likeness (QED) is 0.468. The van der Waals surface area contributed by atoms with Gasteiger partial charge in [0, 0.05) is 0 Å². The van der Waals surface area contributed by atoms with E-state index in [1.54, 1.807) is 0 Å². The fourth-order valence-corrected chi connectivity index (χ4v) is 1.04. The van der Waals surface area contributed by atoms with Crippen LogP contribution < -0.4 is 11.4 Å². The molecule has 0 atom stereocenters. The number of unbranched alkanes of at least 4 members (excludes halogenated alkanes) is 1. The van der Waals surface area contributed by atoms with Gasteiger partial charge in [-0.3, -0.25) is 4.98 Å². The number of imidazole rings is 1. The summed E-state index contributed by atoms with van der Waals surface area (Å²) in [4.78, 5) is 15.4. The minimum atomic E-state index is -0.366. The van der Waals surface area contributed by atoms with Crippen molar-refractivity contribution >= 4 is 0 Å². The van der Waals surface area contributed by atoms with Crippen molar-refractivity contribution in [3.05, 3.63) is 16.2 Å². The SMILES string of the molecule is NCCCCc1[nH]c(=O)[nH]c1O. The summed E-state index contributed by atoms with van der Waals surface area (Å²) in [5.41, 5.74) is 5.49. The van der Waals surface area contributed by atoms with Crippen molar-refractivity contribution in [3.8, 4) is 5.88 Å². The van der Waals surface area contributed by atoms with Crippen molar-refractivity contribution in [2.75, 3.05) is 6.54 Å². The Morgan fingerprint density at radius 3 is 2.58 bits per heavy atom. The van der Waals surface area contributed by atoms with Crippen LogP contribution in [-0.2, 0) is 6.42 Å². The summed E-state index contributed by atoms with van der Waals surface area (Å²) in [6.07, 6.45) is 2.42. The maximum atomic E-state index is 10.6. The Morgan fingerprint density at radius 1 is 1.33 bits per heavy atom. The number of H-pyrrole nitrogens is 2. The first-order chi connectivity index (χ1) is 5.74. The molecule has 0 aromatic carbocycles. The van der Waals surface area contributed by atoms with Crippen molar-refractivity contribution in [1.82, 2.24) is 9.97 Å². The van der Waals surface area contributed by atoms with Crippen LogP contribution in [0.1, 0.15) is 18.5 Å². The molecule has 0 aliphatic rings. The molecule has 0 fully saturated rings. The molecule has 0 radical (unpaired) electrons. The number of aryl methyl sites for hydroxylation is 1. The van der Waals surface area contributed by atoms with Gasteiger partial charge >= 0.3 is 5.69 Å². The molecular formula is C7H13N3O2. The fraction of sp³-hybridized carbons (Fsp3) is 0.571. The second-order valence-electron chi connectivity index (χ2n) is 2.65. The molecule has 1 aromatic rings. The van der Waals surface area contributed by atoms with Crippen molar-refractivity contribution in [3.63, 3.8) is 0 Å². The molecular weight excluding hydrogens is 158 g/mol. The zero-order valence-corrected chi connectivity index (χ0v) is 6.76. The molecule has 0 bridgehead atoms. The highest BCUT2D eigenvalue weighted by atomic mass is 16.3. The van der Waals surface area contributed by atoms with Crippen molar-refractivity contribution in [2.24, 2.45) is 5.73 Å². The highest BCUT2D eigenvalue weighted by molar-refractivity contribution is 5.15. The van der Waals surface area contributed by atoms with Crippen LogP contribution in [0.5, 0.6) is 5.88 Å². The number of hydrogen-bond acceptors (Lipinski definition) is 3. The van der Waals surface area contributed by atoms with E-state index in [1.807, 2.05) is 0 Å². The maximum absolute atomic E-state index is 10.6. The first kappa shape index (κ1) is 8.86. The van der Waals surface area contributed by atoms with Gasteiger partial charge in [-0.05, 0) is 25.8 Å². The van der Waals surface area contributed by atoms with Crippen LogP contribution in [0.15, 0.2) is 4.79 Å². The van der Waals surface area contributed by atoms with Crippen LogP contribution in [0.4, 0.5) is 0 Å². The fourth-order valence-electron chi connectivity index (χ4n) is 1.04. The third kappa shape index (κ3) is 2.13. The first-order valence-electron chi connectivity index (χ1n) is 3.94. The number of nitrogens with one attached hydrogen (secondary N) is 2. The van der Waals surface area contributed by atoms with Gasteiger partial charge in [-0.1, -0.05) is 0 Å². The number of aromatic amines is 2. The second kappa shape index (κ2) is 3.96. The van der Waals surface area contributed by atoms with Crippen LogP contribution in [0.2, 0.25) is 0 Å². The summed E-state index contributed by atoms with van der Waals surface area (Å²) >= 11 is 0. The monoisotopic (exact) mass is 171 g/mol. The van der Waals surface area contributed by atoms with E-state index in [1.165, 1.54) is 0 Å². The van der Waals surface area contributed by atoms with E-state index in [0.717, 1.165) is 12.8 Å². The molecule has 0 spiro atoms. The van der Waals surface area contributed by atoms with Crippen LogP contribution in [0.3, 0.4) is 0 Å². The molecule has 12 heavy (non-hydrogen) atoms. The summed E-state index contributed by atoms with van der Waals surface area (Å²) in [5, 5.41) is 9.11. The lowest BCUT2D eigenvalue weighted by molar-refractivity contribution is 0.447. The van der Waals surface area contributed by atoms with Crippen molar-refractivity contribution in [1.29, 1.82) is 0 Å². The number of aromatic nitrogens is 2. The Hall–Kier alpha value is -1.23. The van der Waals surface area contributed by atoms with Gasteiger partial charge in [0.15, 0.2) is 0 Å². The predicted molar refractivity (Wildman–Crippen MR) is 45.1 cm³/mol. The minimum absolute atomic E-state index is 0.0583. The molecule has 0 amide bonds. The van der Waals surface area contributed by atoms with Crippen LogP contribution in [-0.4, -0.2) is 21.6 Å². The molecule has 0 saturated heterocycles. The second-order valence-corrected chi connectivity index (χ2v) is 2.65. The Labute approximate surface area is 69.6 Å². The van der Waals surface area contributed by atoms with Gasteiger partial charge in [0.1, 0.15) is 0 Å². The Kier molecular flexibility index (Phi) is 2.93. The largest absolute Gasteiger partial charge is 0.493 e. The molecule has 5 nitrogen and oxygen atoms in total. The standard InChI is InChI=1S/C7H13N3O2/c8-4-2-1-3-5-6(11)10-7(12)9-5/h11H,1-4,8H2,(H2,9,10,12). The van der Waals surface area contributed by atoms with E-state index in [4.69, 9.17) is 10.8 Å². The third-order valence-corrected chi connectivity index (χ3v) is 1.66. The molecule has 1 heterocycles. The van der Waals surface area contributed by atoms with E-state index in [2.05, 4.69) is 9.97 Å². The lowest BCUT2D eigenvalue weighted by atomic mass is 10.2. The third-order valence-electron chi connectivity index (χ3n) is 1.66. The van der Waals surface area contributed by atoms with Gasteiger partial charge in [0.25, 0.3) is 0 Å². The lowest BCUT2D eigenvalue weighted by Gasteiger charge is -1.95. The number of aromatic hydroxyl groups is 1. The highest BCUT2D eigenvalue weighted by Gasteiger charge is 2.03. The molecule has 5 N–H and O–H groups in total.